The van der Waals surface area contributed by atoms with E-state index in [1.807, 2.05) is 24.3 Å². The highest BCUT2D eigenvalue weighted by Crippen LogP contribution is 2.23. The highest BCUT2D eigenvalue weighted by Gasteiger charge is 2.31. The minimum Gasteiger partial charge on any atom is -0.355 e. The third kappa shape index (κ3) is 7.20. The lowest BCUT2D eigenvalue weighted by Gasteiger charge is -2.30. The van der Waals surface area contributed by atoms with Crippen LogP contribution >= 0.6 is 23.4 Å². The molecule has 0 spiro atoms. The van der Waals surface area contributed by atoms with Gasteiger partial charge >= 0.3 is 0 Å². The Hall–Kier alpha value is -1.61. The van der Waals surface area contributed by atoms with Crippen LogP contribution in [0, 0.1) is 11.7 Å². The molecule has 1 saturated heterocycles. The standard InChI is InChI=1S/C22H26ClFN2O3S2/c23-20-6-3-4-17(14-20)15-30-13-10-25-22(27)18-8-11-26(12-9-18)31(28,29)16-19-5-1-2-7-21(19)24/h1-7,14,18H,8-13,15-16H2,(H,25,27). The van der Waals surface area contributed by atoms with Gasteiger partial charge in [-0.1, -0.05) is 41.9 Å². The fourth-order valence-electron chi connectivity index (χ4n) is 3.51. The molecule has 168 valence electrons. The number of nitrogens with one attached hydrogen (secondary N) is 1. The summed E-state index contributed by atoms with van der Waals surface area (Å²) in [6, 6.07) is 13.6. The largest absolute Gasteiger partial charge is 0.355 e. The molecule has 9 heteroatoms. The Balaban J connectivity index is 1.37. The molecule has 0 unspecified atom stereocenters. The van der Waals surface area contributed by atoms with Crippen LogP contribution in [0.4, 0.5) is 4.39 Å². The molecule has 0 saturated carbocycles. The molecule has 0 radical (unpaired) electrons. The minimum absolute atomic E-state index is 0.0329. The van der Waals surface area contributed by atoms with Crippen LogP contribution in [0.2, 0.25) is 5.02 Å². The Morgan fingerprint density at radius 2 is 1.90 bits per heavy atom. The maximum Gasteiger partial charge on any atom is 0.223 e. The van der Waals surface area contributed by atoms with Crippen LogP contribution in [0.25, 0.3) is 0 Å². The number of benzene rings is 2. The number of sulfonamides is 1. The van der Waals surface area contributed by atoms with Crippen LogP contribution in [0.5, 0.6) is 0 Å². The van der Waals surface area contributed by atoms with E-state index in [0.717, 1.165) is 17.1 Å². The van der Waals surface area contributed by atoms with E-state index in [4.69, 9.17) is 11.6 Å². The number of piperidine rings is 1. The van der Waals surface area contributed by atoms with E-state index in [-0.39, 0.29) is 36.2 Å². The number of halogens is 2. The number of carbonyl (C=O) groups is 1. The fourth-order valence-corrected chi connectivity index (χ4v) is 6.10. The molecule has 1 amide bonds. The summed E-state index contributed by atoms with van der Waals surface area (Å²) in [4.78, 5) is 12.4. The summed E-state index contributed by atoms with van der Waals surface area (Å²) < 4.78 is 40.4. The Morgan fingerprint density at radius 1 is 1.16 bits per heavy atom. The molecule has 3 rings (SSSR count). The Kier molecular flexibility index (Phi) is 8.77. The Labute approximate surface area is 192 Å². The molecule has 2 aromatic rings. The summed E-state index contributed by atoms with van der Waals surface area (Å²) in [7, 11) is -3.61. The summed E-state index contributed by atoms with van der Waals surface area (Å²) >= 11 is 7.69. The number of nitrogens with zero attached hydrogens (tertiary/aromatic N) is 1. The van der Waals surface area contributed by atoms with Gasteiger partial charge in [0.1, 0.15) is 5.82 Å². The molecule has 31 heavy (non-hydrogen) atoms. The van der Waals surface area contributed by atoms with Crippen molar-refractivity contribution >= 4 is 39.3 Å². The van der Waals surface area contributed by atoms with Crippen molar-refractivity contribution in [3.05, 3.63) is 70.5 Å². The predicted molar refractivity (Wildman–Crippen MR) is 124 cm³/mol. The van der Waals surface area contributed by atoms with E-state index in [1.54, 1.807) is 17.8 Å². The van der Waals surface area contributed by atoms with Gasteiger partial charge in [0.2, 0.25) is 15.9 Å². The van der Waals surface area contributed by atoms with Gasteiger partial charge in [-0.05, 0) is 36.6 Å². The maximum absolute atomic E-state index is 13.8. The average Bonchev–Trinajstić information content (AvgIpc) is 2.75. The Bertz CT molecular complexity index is 996. The molecule has 1 N–H and O–H groups in total. The van der Waals surface area contributed by atoms with Crippen LogP contribution < -0.4 is 5.32 Å². The molecule has 1 heterocycles. The highest BCUT2D eigenvalue weighted by atomic mass is 35.5. The van der Waals surface area contributed by atoms with E-state index in [2.05, 4.69) is 5.32 Å². The zero-order valence-electron chi connectivity index (χ0n) is 17.1. The highest BCUT2D eigenvalue weighted by molar-refractivity contribution is 7.98. The third-order valence-corrected chi connectivity index (χ3v) is 8.31. The lowest BCUT2D eigenvalue weighted by atomic mass is 9.97. The summed E-state index contributed by atoms with van der Waals surface area (Å²) in [6.45, 7) is 1.12. The van der Waals surface area contributed by atoms with Crippen LogP contribution in [-0.2, 0) is 26.3 Å². The van der Waals surface area contributed by atoms with Crippen molar-refractivity contribution in [2.75, 3.05) is 25.4 Å². The van der Waals surface area contributed by atoms with Crippen LogP contribution in [0.1, 0.15) is 24.0 Å². The fraction of sp³-hybridized carbons (Fsp3) is 0.409. The van der Waals surface area contributed by atoms with Crippen molar-refractivity contribution in [2.45, 2.75) is 24.3 Å². The van der Waals surface area contributed by atoms with Crippen molar-refractivity contribution in [3.63, 3.8) is 0 Å². The van der Waals surface area contributed by atoms with Gasteiger partial charge in [0.15, 0.2) is 0 Å². The molecule has 5 nitrogen and oxygen atoms in total. The molecule has 0 aromatic heterocycles. The summed E-state index contributed by atoms with van der Waals surface area (Å²) in [5.74, 6) is 0.504. The van der Waals surface area contributed by atoms with E-state index in [0.29, 0.717) is 24.4 Å². The molecule has 1 fully saturated rings. The number of hydrogen-bond donors (Lipinski definition) is 1. The van der Waals surface area contributed by atoms with Crippen LogP contribution in [0.3, 0.4) is 0 Å². The first-order valence-corrected chi connectivity index (χ1v) is 13.3. The second-order valence-electron chi connectivity index (χ2n) is 7.49. The molecule has 2 aromatic carbocycles. The van der Waals surface area contributed by atoms with Gasteiger partial charge in [-0.15, -0.1) is 0 Å². The molecule has 0 aliphatic carbocycles. The Morgan fingerprint density at radius 3 is 2.61 bits per heavy atom. The number of amides is 1. The van der Waals surface area contributed by atoms with Crippen LogP contribution in [0.15, 0.2) is 48.5 Å². The summed E-state index contributed by atoms with van der Waals surface area (Å²) in [5.41, 5.74) is 1.31. The van der Waals surface area contributed by atoms with E-state index in [1.165, 1.54) is 22.5 Å². The molecular weight excluding hydrogens is 459 g/mol. The molecule has 0 bridgehead atoms. The van der Waals surface area contributed by atoms with Gasteiger partial charge in [0, 0.05) is 47.6 Å². The van der Waals surface area contributed by atoms with Crippen molar-refractivity contribution in [3.8, 4) is 0 Å². The molecule has 1 aliphatic heterocycles. The van der Waals surface area contributed by atoms with E-state index < -0.39 is 15.8 Å². The molecule has 1 aliphatic rings. The second kappa shape index (κ2) is 11.3. The number of hydrogen-bond acceptors (Lipinski definition) is 4. The predicted octanol–water partition coefficient (Wildman–Crippen LogP) is 4.07. The quantitative estimate of drug-likeness (QED) is 0.545. The van der Waals surface area contributed by atoms with Gasteiger partial charge in [-0.25, -0.2) is 17.1 Å². The number of rotatable bonds is 9. The SMILES string of the molecule is O=C(NCCSCc1cccc(Cl)c1)C1CCN(S(=O)(=O)Cc2ccccc2F)CC1. The van der Waals surface area contributed by atoms with Gasteiger partial charge in [0.25, 0.3) is 0 Å². The van der Waals surface area contributed by atoms with E-state index in [9.17, 15) is 17.6 Å². The van der Waals surface area contributed by atoms with Gasteiger partial charge in [0.05, 0.1) is 5.75 Å². The molecule has 0 atom stereocenters. The van der Waals surface area contributed by atoms with Crippen molar-refractivity contribution < 1.29 is 17.6 Å². The van der Waals surface area contributed by atoms with E-state index >= 15 is 0 Å². The van der Waals surface area contributed by atoms with Crippen LogP contribution in [-0.4, -0.2) is 44.0 Å². The lowest BCUT2D eigenvalue weighted by molar-refractivity contribution is -0.125. The van der Waals surface area contributed by atoms with Crippen molar-refractivity contribution in [1.29, 1.82) is 0 Å². The molecular formula is C22H26ClFN2O3S2. The topological polar surface area (TPSA) is 66.5 Å². The zero-order chi connectivity index (χ0) is 22.3. The number of carbonyl (C=O) groups excluding carboxylic acids is 1. The van der Waals surface area contributed by atoms with Gasteiger partial charge in [-0.2, -0.15) is 11.8 Å². The van der Waals surface area contributed by atoms with Crippen molar-refractivity contribution in [2.24, 2.45) is 5.92 Å². The lowest BCUT2D eigenvalue weighted by Crippen LogP contribution is -2.43. The maximum atomic E-state index is 13.8. The summed E-state index contributed by atoms with van der Waals surface area (Å²) in [5, 5.41) is 3.66. The first kappa shape index (κ1) is 24.0. The number of thioether (sulfide) groups is 1. The monoisotopic (exact) mass is 484 g/mol. The first-order chi connectivity index (χ1) is 14.8. The first-order valence-electron chi connectivity index (χ1n) is 10.2. The minimum atomic E-state index is -3.61. The smallest absolute Gasteiger partial charge is 0.223 e. The van der Waals surface area contributed by atoms with Gasteiger partial charge in [-0.3, -0.25) is 4.79 Å². The normalized spacial score (nSPS) is 15.7. The second-order valence-corrected chi connectivity index (χ2v) is 11.0. The summed E-state index contributed by atoms with van der Waals surface area (Å²) in [6.07, 6.45) is 0.940. The average molecular weight is 485 g/mol. The van der Waals surface area contributed by atoms with Gasteiger partial charge < -0.3 is 5.32 Å². The third-order valence-electron chi connectivity index (χ3n) is 5.22. The zero-order valence-corrected chi connectivity index (χ0v) is 19.5. The van der Waals surface area contributed by atoms with Crippen molar-refractivity contribution in [1.82, 2.24) is 9.62 Å².